The van der Waals surface area contributed by atoms with Gasteiger partial charge >= 0.3 is 0 Å². The molecule has 2 rings (SSSR count). The summed E-state index contributed by atoms with van der Waals surface area (Å²) in [7, 11) is 3.68. The summed E-state index contributed by atoms with van der Waals surface area (Å²) in [4.78, 5) is 25.9. The molecule has 1 aromatic rings. The average Bonchev–Trinajstić information content (AvgIpc) is 2.47. The van der Waals surface area contributed by atoms with E-state index in [-0.39, 0.29) is 17.9 Å². The van der Waals surface area contributed by atoms with E-state index in [4.69, 9.17) is 0 Å². The Labute approximate surface area is 132 Å². The number of nitrogens with one attached hydrogen (secondary N) is 2. The monoisotopic (exact) mass is 303 g/mol. The maximum absolute atomic E-state index is 12.3. The molecular weight excluding hydrogens is 278 g/mol. The second-order valence-electron chi connectivity index (χ2n) is 6.18. The third-order valence-electron chi connectivity index (χ3n) is 3.81. The van der Waals surface area contributed by atoms with Crippen molar-refractivity contribution in [2.45, 2.75) is 38.1 Å². The fourth-order valence-corrected chi connectivity index (χ4v) is 2.74. The molecule has 0 spiro atoms. The SMILES string of the molecule is CN(C)CC(=O)Nc1cccc(C(=O)NC2CCCCC2)c1. The number of rotatable bonds is 5. The Kier molecular flexibility index (Phi) is 5.95. The molecule has 2 N–H and O–H groups in total. The summed E-state index contributed by atoms with van der Waals surface area (Å²) in [5.41, 5.74) is 1.25. The zero-order valence-corrected chi connectivity index (χ0v) is 13.4. The lowest BCUT2D eigenvalue weighted by molar-refractivity contribution is -0.116. The van der Waals surface area contributed by atoms with Gasteiger partial charge in [0.15, 0.2) is 0 Å². The molecule has 0 saturated heterocycles. The molecule has 1 fully saturated rings. The zero-order chi connectivity index (χ0) is 15.9. The van der Waals surface area contributed by atoms with E-state index in [9.17, 15) is 9.59 Å². The molecule has 5 nitrogen and oxygen atoms in total. The van der Waals surface area contributed by atoms with Gasteiger partial charge in [-0.15, -0.1) is 0 Å². The molecule has 0 heterocycles. The molecule has 0 unspecified atom stereocenters. The van der Waals surface area contributed by atoms with E-state index >= 15 is 0 Å². The van der Waals surface area contributed by atoms with Crippen LogP contribution in [-0.4, -0.2) is 43.4 Å². The fraction of sp³-hybridized carbons (Fsp3) is 0.529. The molecule has 1 aliphatic rings. The molecule has 2 amide bonds. The predicted molar refractivity (Wildman–Crippen MR) is 88.0 cm³/mol. The van der Waals surface area contributed by atoms with Gasteiger partial charge in [-0.1, -0.05) is 25.3 Å². The van der Waals surface area contributed by atoms with Crippen molar-refractivity contribution in [3.05, 3.63) is 29.8 Å². The third-order valence-corrected chi connectivity index (χ3v) is 3.81. The zero-order valence-electron chi connectivity index (χ0n) is 13.4. The lowest BCUT2D eigenvalue weighted by Gasteiger charge is -2.22. The van der Waals surface area contributed by atoms with E-state index in [1.54, 1.807) is 29.2 Å². The van der Waals surface area contributed by atoms with Crippen molar-refractivity contribution < 1.29 is 9.59 Å². The second-order valence-corrected chi connectivity index (χ2v) is 6.18. The molecule has 1 aromatic carbocycles. The lowest BCUT2D eigenvalue weighted by Crippen LogP contribution is -2.36. The van der Waals surface area contributed by atoms with Crippen molar-refractivity contribution in [1.29, 1.82) is 0 Å². The molecule has 0 bridgehead atoms. The number of nitrogens with zero attached hydrogens (tertiary/aromatic N) is 1. The van der Waals surface area contributed by atoms with Crippen LogP contribution in [0, 0.1) is 0 Å². The van der Waals surface area contributed by atoms with Crippen LogP contribution >= 0.6 is 0 Å². The van der Waals surface area contributed by atoms with Crippen molar-refractivity contribution in [2.75, 3.05) is 26.0 Å². The molecule has 1 aliphatic carbocycles. The maximum atomic E-state index is 12.3. The van der Waals surface area contributed by atoms with Crippen LogP contribution in [0.4, 0.5) is 5.69 Å². The van der Waals surface area contributed by atoms with E-state index < -0.39 is 0 Å². The van der Waals surface area contributed by atoms with Crippen LogP contribution in [0.5, 0.6) is 0 Å². The Balaban J connectivity index is 1.95. The third kappa shape index (κ3) is 5.15. The Morgan fingerprint density at radius 2 is 1.91 bits per heavy atom. The predicted octanol–water partition coefficient (Wildman–Crippen LogP) is 2.25. The molecular formula is C17H25N3O2. The highest BCUT2D eigenvalue weighted by molar-refractivity contribution is 5.97. The van der Waals surface area contributed by atoms with Crippen LogP contribution < -0.4 is 10.6 Å². The Bertz CT molecular complexity index is 522. The fourth-order valence-electron chi connectivity index (χ4n) is 2.74. The van der Waals surface area contributed by atoms with Gasteiger partial charge in [-0.2, -0.15) is 0 Å². The largest absolute Gasteiger partial charge is 0.349 e. The maximum Gasteiger partial charge on any atom is 0.251 e. The van der Waals surface area contributed by atoms with Gasteiger partial charge < -0.3 is 15.5 Å². The van der Waals surface area contributed by atoms with E-state index in [0.717, 1.165) is 12.8 Å². The van der Waals surface area contributed by atoms with Gasteiger partial charge in [0, 0.05) is 17.3 Å². The molecule has 22 heavy (non-hydrogen) atoms. The first-order chi connectivity index (χ1) is 10.5. The van der Waals surface area contributed by atoms with Crippen molar-refractivity contribution in [3.8, 4) is 0 Å². The van der Waals surface area contributed by atoms with Crippen LogP contribution in [-0.2, 0) is 4.79 Å². The minimum absolute atomic E-state index is 0.0596. The number of likely N-dealkylation sites (N-methyl/N-ethyl adjacent to an activating group) is 1. The summed E-state index contributed by atoms with van der Waals surface area (Å²) in [5, 5.41) is 5.90. The minimum atomic E-state index is -0.0881. The van der Waals surface area contributed by atoms with Gasteiger partial charge in [-0.05, 0) is 45.1 Å². The highest BCUT2D eigenvalue weighted by atomic mass is 16.2. The Hall–Kier alpha value is -1.88. The first kappa shape index (κ1) is 16.5. The summed E-state index contributed by atoms with van der Waals surface area (Å²) in [6.07, 6.45) is 5.76. The molecule has 0 radical (unpaired) electrons. The first-order valence-corrected chi connectivity index (χ1v) is 7.90. The number of hydrogen-bond acceptors (Lipinski definition) is 3. The first-order valence-electron chi connectivity index (χ1n) is 7.90. The topological polar surface area (TPSA) is 61.4 Å². The van der Waals surface area contributed by atoms with Crippen LogP contribution in [0.25, 0.3) is 0 Å². The summed E-state index contributed by atoms with van der Waals surface area (Å²) in [6, 6.07) is 7.38. The van der Waals surface area contributed by atoms with E-state index in [2.05, 4.69) is 10.6 Å². The Morgan fingerprint density at radius 1 is 1.18 bits per heavy atom. The van der Waals surface area contributed by atoms with E-state index in [1.165, 1.54) is 19.3 Å². The van der Waals surface area contributed by atoms with Crippen LogP contribution in [0.2, 0.25) is 0 Å². The van der Waals surface area contributed by atoms with Crippen molar-refractivity contribution in [1.82, 2.24) is 10.2 Å². The van der Waals surface area contributed by atoms with Gasteiger partial charge in [-0.3, -0.25) is 9.59 Å². The standard InChI is InChI=1S/C17H25N3O2/c1-20(2)12-16(21)18-15-10-6-7-13(11-15)17(22)19-14-8-4-3-5-9-14/h6-7,10-11,14H,3-5,8-9,12H2,1-2H3,(H,18,21)(H,19,22). The number of carbonyl (C=O) groups excluding carboxylic acids is 2. The normalized spacial score (nSPS) is 15.6. The van der Waals surface area contributed by atoms with Crippen molar-refractivity contribution in [2.24, 2.45) is 0 Å². The van der Waals surface area contributed by atoms with E-state index in [0.29, 0.717) is 17.8 Å². The highest BCUT2D eigenvalue weighted by Crippen LogP contribution is 2.18. The van der Waals surface area contributed by atoms with Gasteiger partial charge in [-0.25, -0.2) is 0 Å². The molecule has 0 aromatic heterocycles. The number of anilines is 1. The molecule has 0 atom stereocenters. The summed E-state index contributed by atoms with van der Waals surface area (Å²) in [5.74, 6) is -0.148. The average molecular weight is 303 g/mol. The number of amides is 2. The second kappa shape index (κ2) is 7.94. The number of carbonyl (C=O) groups is 2. The molecule has 120 valence electrons. The molecule has 1 saturated carbocycles. The molecule has 5 heteroatoms. The van der Waals surface area contributed by atoms with Crippen LogP contribution in [0.3, 0.4) is 0 Å². The van der Waals surface area contributed by atoms with Gasteiger partial charge in [0.1, 0.15) is 0 Å². The summed E-state index contributed by atoms with van der Waals surface area (Å²) >= 11 is 0. The summed E-state index contributed by atoms with van der Waals surface area (Å²) < 4.78 is 0. The smallest absolute Gasteiger partial charge is 0.251 e. The van der Waals surface area contributed by atoms with Gasteiger partial charge in [0.2, 0.25) is 5.91 Å². The van der Waals surface area contributed by atoms with Gasteiger partial charge in [0.25, 0.3) is 5.91 Å². The van der Waals surface area contributed by atoms with Crippen LogP contribution in [0.15, 0.2) is 24.3 Å². The van der Waals surface area contributed by atoms with Crippen molar-refractivity contribution in [3.63, 3.8) is 0 Å². The minimum Gasteiger partial charge on any atom is -0.349 e. The number of benzene rings is 1. The quantitative estimate of drug-likeness (QED) is 0.877. The highest BCUT2D eigenvalue weighted by Gasteiger charge is 2.16. The van der Waals surface area contributed by atoms with Crippen LogP contribution in [0.1, 0.15) is 42.5 Å². The summed E-state index contributed by atoms with van der Waals surface area (Å²) in [6.45, 7) is 0.318. The van der Waals surface area contributed by atoms with Gasteiger partial charge in [0.05, 0.1) is 6.54 Å². The lowest BCUT2D eigenvalue weighted by atomic mass is 9.95. The Morgan fingerprint density at radius 3 is 2.59 bits per heavy atom. The van der Waals surface area contributed by atoms with E-state index in [1.807, 2.05) is 14.1 Å². The molecule has 0 aliphatic heterocycles. The van der Waals surface area contributed by atoms with Crippen molar-refractivity contribution >= 4 is 17.5 Å². The number of hydrogen-bond donors (Lipinski definition) is 2.